The van der Waals surface area contributed by atoms with E-state index in [1.54, 1.807) is 22.7 Å². The predicted octanol–water partition coefficient (Wildman–Crippen LogP) is 3.46. The number of aromatic nitrogens is 1. The van der Waals surface area contributed by atoms with E-state index in [-0.39, 0.29) is 0 Å². The van der Waals surface area contributed by atoms with Crippen LogP contribution in [0.25, 0.3) is 9.88 Å². The number of hydrogen-bond acceptors (Lipinski definition) is 5. The molecule has 2 rings (SSSR count). The number of nitrogens with zero attached hydrogens (tertiary/aromatic N) is 1. The monoisotopic (exact) mass is 310 g/mol. The van der Waals surface area contributed by atoms with Crippen LogP contribution in [0.3, 0.4) is 0 Å². The Balaban J connectivity index is 1.95. The third kappa shape index (κ3) is 4.13. The molecule has 0 amide bonds. The number of carbonyl (C=O) groups is 1. The topological polar surface area (TPSA) is 62.2 Å². The van der Waals surface area contributed by atoms with Crippen molar-refractivity contribution in [3.63, 3.8) is 0 Å². The molecule has 2 heterocycles. The minimum atomic E-state index is -0.799. The second kappa shape index (κ2) is 6.97. The van der Waals surface area contributed by atoms with Gasteiger partial charge in [-0.15, -0.1) is 22.7 Å². The molecule has 1 unspecified atom stereocenters. The molecule has 0 aliphatic carbocycles. The van der Waals surface area contributed by atoms with Crippen LogP contribution in [0.5, 0.6) is 0 Å². The second-order valence-corrected chi connectivity index (χ2v) is 6.83. The van der Waals surface area contributed by atoms with Gasteiger partial charge in [0.25, 0.3) is 0 Å². The molecule has 0 aliphatic heterocycles. The maximum Gasteiger partial charge on any atom is 0.320 e. The van der Waals surface area contributed by atoms with Gasteiger partial charge >= 0.3 is 5.97 Å². The minimum absolute atomic E-state index is 0.348. The Kier molecular flexibility index (Phi) is 5.28. The van der Waals surface area contributed by atoms with E-state index in [0.29, 0.717) is 18.9 Å². The highest BCUT2D eigenvalue weighted by molar-refractivity contribution is 7.20. The van der Waals surface area contributed by atoms with Gasteiger partial charge in [-0.3, -0.25) is 10.1 Å². The third-order valence-electron chi connectivity index (χ3n) is 2.82. The summed E-state index contributed by atoms with van der Waals surface area (Å²) in [6.45, 7) is 4.54. The number of thiazole rings is 1. The number of rotatable bonds is 7. The van der Waals surface area contributed by atoms with Gasteiger partial charge in [0.15, 0.2) is 0 Å². The van der Waals surface area contributed by atoms with Crippen LogP contribution in [0.2, 0.25) is 0 Å². The number of thiophene rings is 1. The second-order valence-electron chi connectivity index (χ2n) is 5.02. The Morgan fingerprint density at radius 1 is 1.45 bits per heavy atom. The fourth-order valence-electron chi connectivity index (χ4n) is 1.87. The molecule has 2 aromatic heterocycles. The highest BCUT2D eigenvalue weighted by atomic mass is 32.1. The SMILES string of the molecule is CC(C)CC(NCc1csc(-c2cccs2)n1)C(=O)O. The zero-order valence-corrected chi connectivity index (χ0v) is 13.1. The number of carboxylic acids is 1. The third-order valence-corrected chi connectivity index (χ3v) is 4.75. The Bertz CT molecular complexity index is 549. The average molecular weight is 310 g/mol. The zero-order valence-electron chi connectivity index (χ0n) is 11.5. The van der Waals surface area contributed by atoms with E-state index in [0.717, 1.165) is 15.6 Å². The number of hydrogen-bond donors (Lipinski definition) is 2. The van der Waals surface area contributed by atoms with Crippen LogP contribution in [-0.2, 0) is 11.3 Å². The first kappa shape index (κ1) is 15.2. The summed E-state index contributed by atoms with van der Waals surface area (Å²) in [6.07, 6.45) is 0.622. The molecule has 1 atom stereocenters. The van der Waals surface area contributed by atoms with Gasteiger partial charge in [-0.05, 0) is 23.8 Å². The Hall–Kier alpha value is -1.24. The normalized spacial score (nSPS) is 12.8. The quantitative estimate of drug-likeness (QED) is 0.822. The van der Waals surface area contributed by atoms with Gasteiger partial charge in [-0.1, -0.05) is 19.9 Å². The van der Waals surface area contributed by atoms with Crippen LogP contribution in [0, 0.1) is 5.92 Å². The molecule has 20 heavy (non-hydrogen) atoms. The molecule has 0 aliphatic rings. The summed E-state index contributed by atoms with van der Waals surface area (Å²) in [5, 5.41) is 17.3. The molecule has 4 nitrogen and oxygen atoms in total. The number of carboxylic acid groups (broad SMARTS) is 1. The lowest BCUT2D eigenvalue weighted by atomic mass is 10.0. The molecule has 0 fully saturated rings. The summed E-state index contributed by atoms with van der Waals surface area (Å²) in [5.41, 5.74) is 0.897. The van der Waals surface area contributed by atoms with Gasteiger partial charge < -0.3 is 5.11 Å². The van der Waals surface area contributed by atoms with Crippen molar-refractivity contribution in [2.45, 2.75) is 32.9 Å². The van der Waals surface area contributed by atoms with Crippen LogP contribution in [0.1, 0.15) is 26.0 Å². The van der Waals surface area contributed by atoms with Crippen LogP contribution in [0.4, 0.5) is 0 Å². The lowest BCUT2D eigenvalue weighted by Crippen LogP contribution is -2.37. The summed E-state index contributed by atoms with van der Waals surface area (Å²) in [7, 11) is 0. The maximum atomic E-state index is 11.2. The van der Waals surface area contributed by atoms with Crippen molar-refractivity contribution < 1.29 is 9.90 Å². The summed E-state index contributed by atoms with van der Waals surface area (Å²) in [4.78, 5) is 16.9. The van der Waals surface area contributed by atoms with E-state index < -0.39 is 12.0 Å². The van der Waals surface area contributed by atoms with Crippen LogP contribution in [-0.4, -0.2) is 22.1 Å². The summed E-state index contributed by atoms with van der Waals surface area (Å²) < 4.78 is 0. The molecule has 108 valence electrons. The van der Waals surface area contributed by atoms with Gasteiger partial charge in [0.2, 0.25) is 0 Å². The smallest absolute Gasteiger partial charge is 0.320 e. The first-order valence-corrected chi connectivity index (χ1v) is 8.26. The predicted molar refractivity (Wildman–Crippen MR) is 83.1 cm³/mol. The lowest BCUT2D eigenvalue weighted by molar-refractivity contribution is -0.140. The standard InChI is InChI=1S/C14H18N2O2S2/c1-9(2)6-11(14(17)18)15-7-10-8-20-13(16-10)12-4-3-5-19-12/h3-5,8-9,11,15H,6-7H2,1-2H3,(H,17,18). The first-order valence-electron chi connectivity index (χ1n) is 6.50. The van der Waals surface area contributed by atoms with Crippen LogP contribution in [0.15, 0.2) is 22.9 Å². The van der Waals surface area contributed by atoms with Gasteiger partial charge in [0, 0.05) is 11.9 Å². The van der Waals surface area contributed by atoms with Crippen molar-refractivity contribution in [1.29, 1.82) is 0 Å². The molecule has 0 bridgehead atoms. The molecule has 6 heteroatoms. The zero-order chi connectivity index (χ0) is 14.5. The molecule has 0 saturated heterocycles. The van der Waals surface area contributed by atoms with Gasteiger partial charge in [0.1, 0.15) is 11.0 Å². The summed E-state index contributed by atoms with van der Waals surface area (Å²) in [6, 6.07) is 3.53. The molecule has 0 radical (unpaired) electrons. The highest BCUT2D eigenvalue weighted by Crippen LogP contribution is 2.27. The van der Waals surface area contributed by atoms with E-state index in [4.69, 9.17) is 0 Å². The minimum Gasteiger partial charge on any atom is -0.480 e. The van der Waals surface area contributed by atoms with Crippen molar-refractivity contribution in [1.82, 2.24) is 10.3 Å². The molecule has 0 aromatic carbocycles. The Morgan fingerprint density at radius 3 is 2.85 bits per heavy atom. The van der Waals surface area contributed by atoms with Gasteiger partial charge in [-0.25, -0.2) is 4.98 Å². The van der Waals surface area contributed by atoms with Crippen molar-refractivity contribution in [3.05, 3.63) is 28.6 Å². The van der Waals surface area contributed by atoms with E-state index >= 15 is 0 Å². The van der Waals surface area contributed by atoms with Crippen LogP contribution < -0.4 is 5.32 Å². The molecule has 2 N–H and O–H groups in total. The lowest BCUT2D eigenvalue weighted by Gasteiger charge is -2.15. The Morgan fingerprint density at radius 2 is 2.25 bits per heavy atom. The molecule has 0 saturated carbocycles. The summed E-state index contributed by atoms with van der Waals surface area (Å²) >= 11 is 3.25. The molecule has 2 aromatic rings. The fourth-order valence-corrected chi connectivity index (χ4v) is 3.51. The van der Waals surface area contributed by atoms with Crippen LogP contribution >= 0.6 is 22.7 Å². The molecule has 0 spiro atoms. The van der Waals surface area contributed by atoms with E-state index in [1.165, 1.54) is 0 Å². The number of nitrogens with one attached hydrogen (secondary N) is 1. The average Bonchev–Trinajstić information content (AvgIpc) is 3.03. The first-order chi connectivity index (χ1) is 9.56. The maximum absolute atomic E-state index is 11.2. The largest absolute Gasteiger partial charge is 0.480 e. The molecular weight excluding hydrogens is 292 g/mol. The fraction of sp³-hybridized carbons (Fsp3) is 0.429. The molecular formula is C14H18N2O2S2. The van der Waals surface area contributed by atoms with E-state index in [1.807, 2.05) is 36.7 Å². The van der Waals surface area contributed by atoms with Gasteiger partial charge in [0.05, 0.1) is 10.6 Å². The highest BCUT2D eigenvalue weighted by Gasteiger charge is 2.18. The van der Waals surface area contributed by atoms with Gasteiger partial charge in [-0.2, -0.15) is 0 Å². The van der Waals surface area contributed by atoms with E-state index in [9.17, 15) is 9.90 Å². The van der Waals surface area contributed by atoms with Crippen molar-refractivity contribution in [2.24, 2.45) is 5.92 Å². The summed E-state index contributed by atoms with van der Waals surface area (Å²) in [5.74, 6) is -0.451. The van der Waals surface area contributed by atoms with Crippen molar-refractivity contribution >= 4 is 28.6 Å². The number of aliphatic carboxylic acids is 1. The van der Waals surface area contributed by atoms with Crippen molar-refractivity contribution in [2.75, 3.05) is 0 Å². The van der Waals surface area contributed by atoms with E-state index in [2.05, 4.69) is 10.3 Å². The van der Waals surface area contributed by atoms with Crippen molar-refractivity contribution in [3.8, 4) is 9.88 Å². The Labute approximate surface area is 126 Å².